The van der Waals surface area contributed by atoms with Crippen LogP contribution in [-0.2, 0) is 11.3 Å². The van der Waals surface area contributed by atoms with Crippen LogP contribution < -0.4 is 15.4 Å². The van der Waals surface area contributed by atoms with Crippen molar-refractivity contribution in [3.63, 3.8) is 0 Å². The van der Waals surface area contributed by atoms with E-state index in [2.05, 4.69) is 24.5 Å². The Bertz CT molecular complexity index is 436. The highest BCUT2D eigenvalue weighted by atomic mass is 35.5. The molecule has 0 fully saturated rings. The van der Waals surface area contributed by atoms with Crippen molar-refractivity contribution in [3.05, 3.63) is 29.3 Å². The summed E-state index contributed by atoms with van der Waals surface area (Å²) in [5, 5.41) is 5.71. The van der Waals surface area contributed by atoms with E-state index >= 15 is 0 Å². The van der Waals surface area contributed by atoms with Gasteiger partial charge in [0.2, 0.25) is 5.91 Å². The van der Waals surface area contributed by atoms with Gasteiger partial charge in [-0.2, -0.15) is 0 Å². The molecule has 0 radical (unpaired) electrons. The minimum atomic E-state index is -0.0128. The predicted octanol–water partition coefficient (Wildman–Crippen LogP) is 2.68. The summed E-state index contributed by atoms with van der Waals surface area (Å²) < 4.78 is 5.85. The summed E-state index contributed by atoms with van der Waals surface area (Å²) in [6.45, 7) is 7.93. The van der Waals surface area contributed by atoms with Gasteiger partial charge in [0.15, 0.2) is 0 Å². The van der Waals surface area contributed by atoms with E-state index < -0.39 is 0 Å². The SMILES string of the molecule is CNCC(=O)NCc1ccc(C)cc1OCCC(C)C.Cl. The average molecular weight is 315 g/mol. The minimum absolute atomic E-state index is 0. The van der Waals surface area contributed by atoms with Crippen LogP contribution in [0.25, 0.3) is 0 Å². The Kier molecular flexibility index (Phi) is 9.84. The van der Waals surface area contributed by atoms with Gasteiger partial charge in [0.1, 0.15) is 5.75 Å². The lowest BCUT2D eigenvalue weighted by Crippen LogP contribution is -2.31. The molecule has 1 rings (SSSR count). The van der Waals surface area contributed by atoms with Crippen LogP contribution in [0.2, 0.25) is 0 Å². The third-order valence-electron chi connectivity index (χ3n) is 2.99. The molecule has 5 heteroatoms. The number of carbonyl (C=O) groups is 1. The average Bonchev–Trinajstić information content (AvgIpc) is 2.37. The molecule has 0 saturated heterocycles. The van der Waals surface area contributed by atoms with Gasteiger partial charge in [0, 0.05) is 12.1 Å². The number of aryl methyl sites for hydroxylation is 1. The van der Waals surface area contributed by atoms with Gasteiger partial charge >= 0.3 is 0 Å². The molecule has 0 aliphatic carbocycles. The van der Waals surface area contributed by atoms with E-state index in [1.807, 2.05) is 25.1 Å². The Balaban J connectivity index is 0.00000400. The molecule has 4 nitrogen and oxygen atoms in total. The number of halogens is 1. The molecule has 0 atom stereocenters. The maximum absolute atomic E-state index is 11.5. The van der Waals surface area contributed by atoms with Crippen molar-refractivity contribution in [1.82, 2.24) is 10.6 Å². The number of nitrogens with one attached hydrogen (secondary N) is 2. The number of amides is 1. The summed E-state index contributed by atoms with van der Waals surface area (Å²) in [4.78, 5) is 11.5. The van der Waals surface area contributed by atoms with Crippen molar-refractivity contribution >= 4 is 18.3 Å². The summed E-state index contributed by atoms with van der Waals surface area (Å²) in [5.41, 5.74) is 2.18. The fraction of sp³-hybridized carbons (Fsp3) is 0.562. The fourth-order valence-corrected chi connectivity index (χ4v) is 1.76. The van der Waals surface area contributed by atoms with Crippen molar-refractivity contribution in [2.45, 2.75) is 33.7 Å². The van der Waals surface area contributed by atoms with Crippen LogP contribution in [0.1, 0.15) is 31.4 Å². The van der Waals surface area contributed by atoms with Crippen LogP contribution in [-0.4, -0.2) is 26.1 Å². The van der Waals surface area contributed by atoms with Crippen molar-refractivity contribution in [1.29, 1.82) is 0 Å². The zero-order chi connectivity index (χ0) is 15.0. The Morgan fingerprint density at radius 3 is 2.67 bits per heavy atom. The van der Waals surface area contributed by atoms with Crippen LogP contribution >= 0.6 is 12.4 Å². The second-order valence-electron chi connectivity index (χ2n) is 5.45. The predicted molar refractivity (Wildman–Crippen MR) is 89.2 cm³/mol. The molecule has 21 heavy (non-hydrogen) atoms. The molecular weight excluding hydrogens is 288 g/mol. The molecule has 2 N–H and O–H groups in total. The molecule has 0 unspecified atom stereocenters. The first-order valence-electron chi connectivity index (χ1n) is 7.16. The van der Waals surface area contributed by atoms with E-state index in [0.29, 0.717) is 25.6 Å². The quantitative estimate of drug-likeness (QED) is 0.775. The van der Waals surface area contributed by atoms with Crippen molar-refractivity contribution in [2.24, 2.45) is 5.92 Å². The van der Waals surface area contributed by atoms with E-state index in [-0.39, 0.29) is 18.3 Å². The van der Waals surface area contributed by atoms with Gasteiger partial charge in [-0.1, -0.05) is 26.0 Å². The number of likely N-dealkylation sites (N-methyl/N-ethyl adjacent to an activating group) is 1. The van der Waals surface area contributed by atoms with E-state index in [9.17, 15) is 4.79 Å². The molecule has 0 bridgehead atoms. The normalized spacial score (nSPS) is 10.1. The maximum atomic E-state index is 11.5. The van der Waals surface area contributed by atoms with Gasteiger partial charge in [0.05, 0.1) is 13.2 Å². The Hall–Kier alpha value is -1.26. The molecule has 0 spiro atoms. The number of rotatable bonds is 8. The van der Waals surface area contributed by atoms with Crippen LogP contribution in [0.3, 0.4) is 0 Å². The first kappa shape index (κ1) is 19.7. The molecule has 0 aliphatic heterocycles. The first-order chi connectivity index (χ1) is 9.52. The molecule has 0 aliphatic rings. The number of benzene rings is 1. The second-order valence-corrected chi connectivity index (χ2v) is 5.45. The molecule has 1 amide bonds. The lowest BCUT2D eigenvalue weighted by molar-refractivity contribution is -0.120. The van der Waals surface area contributed by atoms with Gasteiger partial charge in [-0.15, -0.1) is 12.4 Å². The van der Waals surface area contributed by atoms with Gasteiger partial charge in [-0.3, -0.25) is 4.79 Å². The van der Waals surface area contributed by atoms with Crippen LogP contribution in [0.5, 0.6) is 5.75 Å². The highest BCUT2D eigenvalue weighted by Gasteiger charge is 2.07. The monoisotopic (exact) mass is 314 g/mol. The Labute approximate surface area is 134 Å². The zero-order valence-corrected chi connectivity index (χ0v) is 14.2. The second kappa shape index (κ2) is 10.5. The number of hydrogen-bond acceptors (Lipinski definition) is 3. The fourth-order valence-electron chi connectivity index (χ4n) is 1.76. The Morgan fingerprint density at radius 1 is 1.33 bits per heavy atom. The third kappa shape index (κ3) is 7.93. The zero-order valence-electron chi connectivity index (χ0n) is 13.4. The van der Waals surface area contributed by atoms with Crippen LogP contribution in [0.4, 0.5) is 0 Å². The summed E-state index contributed by atoms with van der Waals surface area (Å²) in [6.07, 6.45) is 1.03. The summed E-state index contributed by atoms with van der Waals surface area (Å²) in [7, 11) is 1.76. The molecule has 0 heterocycles. The molecule has 0 saturated carbocycles. The van der Waals surface area contributed by atoms with Crippen molar-refractivity contribution < 1.29 is 9.53 Å². The van der Waals surface area contributed by atoms with E-state index in [1.165, 1.54) is 0 Å². The van der Waals surface area contributed by atoms with Gasteiger partial charge < -0.3 is 15.4 Å². The standard InChI is InChI=1S/C16H26N2O2.ClH/c1-12(2)7-8-20-15-9-13(3)5-6-14(15)10-18-16(19)11-17-4;/h5-6,9,12,17H,7-8,10-11H2,1-4H3,(H,18,19);1H. The molecule has 0 aromatic heterocycles. The molecule has 1 aromatic rings. The largest absolute Gasteiger partial charge is 0.493 e. The molecule has 120 valence electrons. The van der Waals surface area contributed by atoms with Crippen LogP contribution in [0.15, 0.2) is 18.2 Å². The lowest BCUT2D eigenvalue weighted by Gasteiger charge is -2.14. The number of carbonyl (C=O) groups excluding carboxylic acids is 1. The summed E-state index contributed by atoms with van der Waals surface area (Å²) in [6, 6.07) is 6.08. The summed E-state index contributed by atoms with van der Waals surface area (Å²) >= 11 is 0. The smallest absolute Gasteiger partial charge is 0.234 e. The Morgan fingerprint density at radius 2 is 2.05 bits per heavy atom. The number of ether oxygens (including phenoxy) is 1. The van der Waals surface area contributed by atoms with Crippen molar-refractivity contribution in [2.75, 3.05) is 20.2 Å². The van der Waals surface area contributed by atoms with Gasteiger partial charge in [0.25, 0.3) is 0 Å². The first-order valence-corrected chi connectivity index (χ1v) is 7.16. The molecular formula is C16H27ClN2O2. The lowest BCUT2D eigenvalue weighted by atomic mass is 10.1. The van der Waals surface area contributed by atoms with Crippen molar-refractivity contribution in [3.8, 4) is 5.75 Å². The maximum Gasteiger partial charge on any atom is 0.234 e. The van der Waals surface area contributed by atoms with Crippen LogP contribution in [0, 0.1) is 12.8 Å². The molecule has 1 aromatic carbocycles. The van der Waals surface area contributed by atoms with E-state index in [4.69, 9.17) is 4.74 Å². The number of hydrogen-bond donors (Lipinski definition) is 2. The third-order valence-corrected chi connectivity index (χ3v) is 2.99. The van der Waals surface area contributed by atoms with Gasteiger partial charge in [-0.25, -0.2) is 0 Å². The van der Waals surface area contributed by atoms with E-state index in [1.54, 1.807) is 7.05 Å². The highest BCUT2D eigenvalue weighted by molar-refractivity contribution is 5.85. The topological polar surface area (TPSA) is 50.4 Å². The minimum Gasteiger partial charge on any atom is -0.493 e. The van der Waals surface area contributed by atoms with E-state index in [0.717, 1.165) is 23.3 Å². The van der Waals surface area contributed by atoms with Gasteiger partial charge in [-0.05, 0) is 37.9 Å². The summed E-state index contributed by atoms with van der Waals surface area (Å²) in [5.74, 6) is 1.48. The highest BCUT2D eigenvalue weighted by Crippen LogP contribution is 2.21.